The number of carbonyl (C=O) groups excluding carboxylic acids is 1. The summed E-state index contributed by atoms with van der Waals surface area (Å²) in [6.45, 7) is 1.93. The van der Waals surface area contributed by atoms with Crippen LogP contribution < -0.4 is 14.8 Å². The van der Waals surface area contributed by atoms with E-state index in [4.69, 9.17) is 9.47 Å². The van der Waals surface area contributed by atoms with Crippen molar-refractivity contribution in [1.82, 2.24) is 24.9 Å². The van der Waals surface area contributed by atoms with Crippen LogP contribution in [0.2, 0.25) is 0 Å². The van der Waals surface area contributed by atoms with Crippen molar-refractivity contribution in [1.29, 1.82) is 0 Å². The molecule has 9 heteroatoms. The highest BCUT2D eigenvalue weighted by atomic mass is 19.1. The van der Waals surface area contributed by atoms with Gasteiger partial charge in [-0.3, -0.25) is 4.79 Å². The van der Waals surface area contributed by atoms with Crippen LogP contribution in [0.4, 0.5) is 4.39 Å². The molecule has 2 aromatic carbocycles. The van der Waals surface area contributed by atoms with E-state index >= 15 is 0 Å². The Labute approximate surface area is 170 Å². The molecule has 0 saturated carbocycles. The van der Waals surface area contributed by atoms with E-state index in [-0.39, 0.29) is 18.5 Å². The van der Waals surface area contributed by atoms with Crippen molar-refractivity contribution in [3.05, 3.63) is 72.1 Å². The van der Waals surface area contributed by atoms with Crippen molar-refractivity contribution in [3.8, 4) is 22.8 Å². The summed E-state index contributed by atoms with van der Waals surface area (Å²) in [7, 11) is 0. The molecule has 0 saturated heterocycles. The number of hydrogen-bond acceptors (Lipinski definition) is 6. The van der Waals surface area contributed by atoms with Crippen LogP contribution in [0.25, 0.3) is 16.9 Å². The van der Waals surface area contributed by atoms with Crippen LogP contribution in [0.1, 0.15) is 29.1 Å². The highest BCUT2D eigenvalue weighted by molar-refractivity contribution is 5.95. The van der Waals surface area contributed by atoms with E-state index in [9.17, 15) is 9.18 Å². The molecule has 1 aliphatic rings. The molecular weight excluding hydrogens is 389 g/mol. The first-order chi connectivity index (χ1) is 14.6. The van der Waals surface area contributed by atoms with Gasteiger partial charge in [0, 0.05) is 17.2 Å². The predicted octanol–water partition coefficient (Wildman–Crippen LogP) is 3.15. The zero-order chi connectivity index (χ0) is 20.7. The number of nitrogens with one attached hydrogen (secondary N) is 1. The van der Waals surface area contributed by atoms with Gasteiger partial charge in [-0.05, 0) is 37.3 Å². The fourth-order valence-electron chi connectivity index (χ4n) is 3.19. The SMILES string of the molecule is C[C@@H](NC(=O)c1ccc2c(c1)OCO2)c1nc2cc(-c3ccccc3F)ncn2n1. The fraction of sp³-hybridized carbons (Fsp3) is 0.143. The smallest absolute Gasteiger partial charge is 0.252 e. The number of aromatic nitrogens is 4. The van der Waals surface area contributed by atoms with Crippen LogP contribution in [0, 0.1) is 5.82 Å². The molecule has 0 bridgehead atoms. The van der Waals surface area contributed by atoms with E-state index in [1.165, 1.54) is 16.9 Å². The van der Waals surface area contributed by atoms with Gasteiger partial charge in [-0.2, -0.15) is 0 Å². The maximum Gasteiger partial charge on any atom is 0.252 e. The second kappa shape index (κ2) is 7.11. The Morgan fingerprint density at radius 1 is 1.17 bits per heavy atom. The first-order valence-corrected chi connectivity index (χ1v) is 9.26. The molecule has 3 heterocycles. The molecule has 0 fully saturated rings. The Hall–Kier alpha value is -4.01. The summed E-state index contributed by atoms with van der Waals surface area (Å²) in [6.07, 6.45) is 1.47. The molecule has 1 atom stereocenters. The van der Waals surface area contributed by atoms with Gasteiger partial charge in [-0.15, -0.1) is 5.10 Å². The first kappa shape index (κ1) is 18.0. The van der Waals surface area contributed by atoms with E-state index in [0.717, 1.165) is 0 Å². The molecule has 0 radical (unpaired) electrons. The van der Waals surface area contributed by atoms with Crippen molar-refractivity contribution in [2.75, 3.05) is 6.79 Å². The zero-order valence-electron chi connectivity index (χ0n) is 15.9. The van der Waals surface area contributed by atoms with Crippen LogP contribution >= 0.6 is 0 Å². The molecule has 1 amide bonds. The number of rotatable bonds is 4. The third-order valence-corrected chi connectivity index (χ3v) is 4.77. The maximum atomic E-state index is 14.0. The average molecular weight is 405 g/mol. The minimum atomic E-state index is -0.459. The second-order valence-electron chi connectivity index (χ2n) is 6.79. The third kappa shape index (κ3) is 3.20. The van der Waals surface area contributed by atoms with Crippen LogP contribution in [0.5, 0.6) is 11.5 Å². The number of hydrogen-bond donors (Lipinski definition) is 1. The van der Waals surface area contributed by atoms with E-state index in [0.29, 0.717) is 39.8 Å². The van der Waals surface area contributed by atoms with Gasteiger partial charge in [0.25, 0.3) is 5.91 Å². The summed E-state index contributed by atoms with van der Waals surface area (Å²) >= 11 is 0. The summed E-state index contributed by atoms with van der Waals surface area (Å²) in [5, 5.41) is 7.23. The minimum Gasteiger partial charge on any atom is -0.454 e. The molecule has 30 heavy (non-hydrogen) atoms. The molecule has 1 N–H and O–H groups in total. The molecule has 1 aliphatic heterocycles. The minimum absolute atomic E-state index is 0.144. The molecule has 0 unspecified atom stereocenters. The normalized spacial score (nSPS) is 13.4. The Bertz CT molecular complexity index is 1270. The number of carbonyl (C=O) groups is 1. The van der Waals surface area contributed by atoms with Gasteiger partial charge in [-0.1, -0.05) is 12.1 Å². The lowest BCUT2D eigenvalue weighted by Crippen LogP contribution is -2.27. The van der Waals surface area contributed by atoms with Crippen LogP contribution in [-0.2, 0) is 0 Å². The topological polar surface area (TPSA) is 90.6 Å². The van der Waals surface area contributed by atoms with Gasteiger partial charge in [0.1, 0.15) is 12.1 Å². The van der Waals surface area contributed by atoms with Crippen molar-refractivity contribution in [2.45, 2.75) is 13.0 Å². The van der Waals surface area contributed by atoms with E-state index < -0.39 is 6.04 Å². The number of fused-ring (bicyclic) bond motifs is 2. The van der Waals surface area contributed by atoms with Gasteiger partial charge in [0.2, 0.25) is 6.79 Å². The standard InChI is InChI=1S/C21H16FN5O3/c1-12(24-21(28)13-6-7-17-18(8-13)30-11-29-17)20-25-19-9-16(23-10-27(19)26-20)14-4-2-3-5-15(14)22/h2-10,12H,11H2,1H3,(H,24,28)/t12-/m1/s1. The Balaban J connectivity index is 1.38. The Morgan fingerprint density at radius 2 is 2.00 bits per heavy atom. The van der Waals surface area contributed by atoms with Crippen molar-refractivity contribution in [2.24, 2.45) is 0 Å². The summed E-state index contributed by atoms with van der Waals surface area (Å²) in [6, 6.07) is 12.6. The largest absolute Gasteiger partial charge is 0.454 e. The van der Waals surface area contributed by atoms with E-state index in [2.05, 4.69) is 20.4 Å². The van der Waals surface area contributed by atoms with E-state index in [1.54, 1.807) is 49.4 Å². The molecule has 8 nitrogen and oxygen atoms in total. The Morgan fingerprint density at radius 3 is 2.87 bits per heavy atom. The number of halogens is 1. The molecule has 0 aliphatic carbocycles. The van der Waals surface area contributed by atoms with Crippen LogP contribution in [-0.4, -0.2) is 32.3 Å². The Kier molecular flexibility index (Phi) is 4.27. The molecular formula is C21H16FN5O3. The molecule has 2 aromatic heterocycles. The van der Waals surface area contributed by atoms with Crippen LogP contribution in [0.3, 0.4) is 0 Å². The maximum absolute atomic E-state index is 14.0. The predicted molar refractivity (Wildman–Crippen MR) is 105 cm³/mol. The fourth-order valence-corrected chi connectivity index (χ4v) is 3.19. The summed E-state index contributed by atoms with van der Waals surface area (Å²) < 4.78 is 26.1. The van der Waals surface area contributed by atoms with Gasteiger partial charge >= 0.3 is 0 Å². The van der Waals surface area contributed by atoms with Gasteiger partial charge < -0.3 is 14.8 Å². The highest BCUT2D eigenvalue weighted by Crippen LogP contribution is 2.32. The number of nitrogens with zero attached hydrogens (tertiary/aromatic N) is 4. The summed E-state index contributed by atoms with van der Waals surface area (Å²) in [5.74, 6) is 0.910. The summed E-state index contributed by atoms with van der Waals surface area (Å²) in [4.78, 5) is 21.3. The molecule has 4 aromatic rings. The monoisotopic (exact) mass is 405 g/mol. The van der Waals surface area contributed by atoms with Crippen molar-refractivity contribution in [3.63, 3.8) is 0 Å². The van der Waals surface area contributed by atoms with Crippen molar-refractivity contribution < 1.29 is 18.7 Å². The van der Waals surface area contributed by atoms with Gasteiger partial charge in [0.05, 0.1) is 11.7 Å². The first-order valence-electron chi connectivity index (χ1n) is 9.26. The second-order valence-corrected chi connectivity index (χ2v) is 6.79. The van der Waals surface area contributed by atoms with E-state index in [1.807, 2.05) is 0 Å². The molecule has 5 rings (SSSR count). The highest BCUT2D eigenvalue weighted by Gasteiger charge is 2.20. The lowest BCUT2D eigenvalue weighted by molar-refractivity contribution is 0.0938. The third-order valence-electron chi connectivity index (χ3n) is 4.77. The average Bonchev–Trinajstić information content (AvgIpc) is 3.39. The van der Waals surface area contributed by atoms with Crippen LogP contribution in [0.15, 0.2) is 54.9 Å². The number of ether oxygens (including phenoxy) is 2. The van der Waals surface area contributed by atoms with Gasteiger partial charge in [0.15, 0.2) is 23.0 Å². The molecule has 150 valence electrons. The quantitative estimate of drug-likeness (QED) is 0.561. The lowest BCUT2D eigenvalue weighted by atomic mass is 10.1. The lowest BCUT2D eigenvalue weighted by Gasteiger charge is -2.10. The zero-order valence-corrected chi connectivity index (χ0v) is 15.9. The summed E-state index contributed by atoms with van der Waals surface area (Å²) in [5.41, 5.74) is 1.78. The number of amides is 1. The van der Waals surface area contributed by atoms with Crippen molar-refractivity contribution >= 4 is 11.6 Å². The molecule has 0 spiro atoms. The van der Waals surface area contributed by atoms with Gasteiger partial charge in [-0.25, -0.2) is 18.9 Å². The number of benzene rings is 2.